The second-order valence-electron chi connectivity index (χ2n) is 7.62. The summed E-state index contributed by atoms with van der Waals surface area (Å²) in [4.78, 5) is 27.1. The zero-order chi connectivity index (χ0) is 21.8. The Morgan fingerprint density at radius 2 is 1.80 bits per heavy atom. The molecule has 1 aliphatic rings. The number of thioether (sulfide) groups is 1. The molecule has 1 heterocycles. The van der Waals surface area contributed by atoms with Crippen molar-refractivity contribution in [2.75, 3.05) is 5.75 Å². The van der Waals surface area contributed by atoms with E-state index in [0.29, 0.717) is 6.42 Å². The van der Waals surface area contributed by atoms with Gasteiger partial charge in [-0.25, -0.2) is 13.2 Å². The minimum atomic E-state index is -0.803. The first-order valence-electron chi connectivity index (χ1n) is 9.66. The second kappa shape index (κ2) is 9.55. The molecule has 1 N–H and O–H groups in total. The van der Waals surface area contributed by atoms with Crippen LogP contribution in [0, 0.1) is 23.4 Å². The van der Waals surface area contributed by atoms with E-state index in [-0.39, 0.29) is 41.4 Å². The van der Waals surface area contributed by atoms with Gasteiger partial charge < -0.3 is 10.2 Å². The van der Waals surface area contributed by atoms with Crippen molar-refractivity contribution >= 4 is 23.6 Å². The maximum atomic E-state index is 14.4. The molecule has 0 aliphatic carbocycles. The van der Waals surface area contributed by atoms with Crippen molar-refractivity contribution in [2.45, 2.75) is 38.2 Å². The summed E-state index contributed by atoms with van der Waals surface area (Å²) in [5, 5.41) is 2.09. The summed E-state index contributed by atoms with van der Waals surface area (Å²) in [6, 6.07) is 8.19. The molecule has 2 aromatic carbocycles. The molecule has 1 saturated heterocycles. The van der Waals surface area contributed by atoms with Gasteiger partial charge in [0.1, 0.15) is 28.9 Å². The van der Waals surface area contributed by atoms with Gasteiger partial charge in [0.25, 0.3) is 0 Å². The molecule has 0 bridgehead atoms. The highest BCUT2D eigenvalue weighted by Gasteiger charge is 2.42. The van der Waals surface area contributed by atoms with Gasteiger partial charge in [0.2, 0.25) is 11.8 Å². The van der Waals surface area contributed by atoms with Gasteiger partial charge in [-0.05, 0) is 36.1 Å². The predicted octanol–water partition coefficient (Wildman–Crippen LogP) is 4.41. The van der Waals surface area contributed by atoms with Gasteiger partial charge in [-0.3, -0.25) is 9.59 Å². The van der Waals surface area contributed by atoms with E-state index < -0.39 is 23.1 Å². The molecule has 2 unspecified atom stereocenters. The summed E-state index contributed by atoms with van der Waals surface area (Å²) in [6.45, 7) is 4.04. The number of rotatable bonds is 7. The van der Waals surface area contributed by atoms with Crippen molar-refractivity contribution in [3.05, 3.63) is 71.0 Å². The Hall–Kier alpha value is -2.48. The van der Waals surface area contributed by atoms with Gasteiger partial charge in [-0.2, -0.15) is 0 Å². The highest BCUT2D eigenvalue weighted by molar-refractivity contribution is 8.00. The van der Waals surface area contributed by atoms with Crippen LogP contribution in [-0.2, 0) is 16.1 Å². The molecule has 1 fully saturated rings. The highest BCUT2D eigenvalue weighted by Crippen LogP contribution is 2.42. The summed E-state index contributed by atoms with van der Waals surface area (Å²) in [5.74, 6) is -2.24. The number of nitrogens with one attached hydrogen (secondary N) is 1. The Balaban J connectivity index is 1.83. The van der Waals surface area contributed by atoms with Crippen LogP contribution < -0.4 is 5.32 Å². The van der Waals surface area contributed by atoms with Crippen molar-refractivity contribution in [3.8, 4) is 0 Å². The van der Waals surface area contributed by atoms with E-state index in [1.54, 1.807) is 12.1 Å². The number of amides is 2. The topological polar surface area (TPSA) is 49.4 Å². The standard InChI is InChI=1S/C22H23F3N2O2S/c1-13(2)9-19(21(29)26-11-14-3-5-15(23)6-4-14)27-20(28)12-30-22(27)17-8-7-16(24)10-18(17)25/h3-8,10,13,19,22H,9,11-12H2,1-2H3,(H,26,29). The third kappa shape index (κ3) is 5.16. The highest BCUT2D eigenvalue weighted by atomic mass is 32.2. The average Bonchev–Trinajstić information content (AvgIpc) is 3.06. The van der Waals surface area contributed by atoms with E-state index in [1.165, 1.54) is 34.9 Å². The zero-order valence-electron chi connectivity index (χ0n) is 16.7. The summed E-state index contributed by atoms with van der Waals surface area (Å²) in [5.41, 5.74) is 0.892. The molecule has 160 valence electrons. The fraction of sp³-hybridized carbons (Fsp3) is 0.364. The average molecular weight is 436 g/mol. The number of carbonyl (C=O) groups is 2. The van der Waals surface area contributed by atoms with Crippen molar-refractivity contribution in [1.29, 1.82) is 0 Å². The fourth-order valence-electron chi connectivity index (χ4n) is 3.42. The first kappa shape index (κ1) is 22.2. The predicted molar refractivity (Wildman–Crippen MR) is 110 cm³/mol. The molecule has 30 heavy (non-hydrogen) atoms. The van der Waals surface area contributed by atoms with E-state index >= 15 is 0 Å². The first-order valence-corrected chi connectivity index (χ1v) is 10.7. The van der Waals surface area contributed by atoms with E-state index in [4.69, 9.17) is 0 Å². The maximum absolute atomic E-state index is 14.4. The van der Waals surface area contributed by atoms with E-state index in [9.17, 15) is 22.8 Å². The Kier molecular flexibility index (Phi) is 7.07. The van der Waals surface area contributed by atoms with Crippen LogP contribution in [0.2, 0.25) is 0 Å². The lowest BCUT2D eigenvalue weighted by Crippen LogP contribution is -2.49. The van der Waals surface area contributed by atoms with Crippen molar-refractivity contribution in [2.24, 2.45) is 5.92 Å². The van der Waals surface area contributed by atoms with Crippen LogP contribution >= 0.6 is 11.8 Å². The van der Waals surface area contributed by atoms with Gasteiger partial charge in [-0.1, -0.05) is 32.0 Å². The van der Waals surface area contributed by atoms with Crippen LogP contribution in [-0.4, -0.2) is 28.5 Å². The largest absolute Gasteiger partial charge is 0.350 e. The Labute approximate surface area is 177 Å². The molecule has 8 heteroatoms. The van der Waals surface area contributed by atoms with Crippen LogP contribution in [0.15, 0.2) is 42.5 Å². The summed E-state index contributed by atoms with van der Waals surface area (Å²) in [6.07, 6.45) is 0.390. The van der Waals surface area contributed by atoms with Crippen molar-refractivity contribution in [1.82, 2.24) is 10.2 Å². The maximum Gasteiger partial charge on any atom is 0.243 e. The van der Waals surface area contributed by atoms with Crippen LogP contribution in [0.4, 0.5) is 13.2 Å². The lowest BCUT2D eigenvalue weighted by atomic mass is 10.00. The van der Waals surface area contributed by atoms with Crippen LogP contribution in [0.1, 0.15) is 36.8 Å². The molecule has 4 nitrogen and oxygen atoms in total. The molecule has 0 radical (unpaired) electrons. The van der Waals surface area contributed by atoms with Gasteiger partial charge in [-0.15, -0.1) is 11.8 Å². The summed E-state index contributed by atoms with van der Waals surface area (Å²) in [7, 11) is 0. The minimum absolute atomic E-state index is 0.101. The number of halogens is 3. The monoisotopic (exact) mass is 436 g/mol. The Morgan fingerprint density at radius 1 is 1.13 bits per heavy atom. The van der Waals surface area contributed by atoms with Gasteiger partial charge in [0.05, 0.1) is 5.75 Å². The molecular formula is C22H23F3N2O2S. The lowest BCUT2D eigenvalue weighted by molar-refractivity contribution is -0.139. The van der Waals surface area contributed by atoms with Crippen molar-refractivity contribution < 1.29 is 22.8 Å². The molecule has 2 atom stereocenters. The zero-order valence-corrected chi connectivity index (χ0v) is 17.5. The molecule has 0 aromatic heterocycles. The lowest BCUT2D eigenvalue weighted by Gasteiger charge is -2.33. The molecule has 3 rings (SSSR count). The van der Waals surface area contributed by atoms with Gasteiger partial charge >= 0.3 is 0 Å². The smallest absolute Gasteiger partial charge is 0.243 e. The summed E-state index contributed by atoms with van der Waals surface area (Å²) < 4.78 is 40.8. The van der Waals surface area contributed by atoms with Crippen LogP contribution in [0.25, 0.3) is 0 Å². The third-order valence-corrected chi connectivity index (χ3v) is 6.06. The SMILES string of the molecule is CC(C)CC(C(=O)NCc1ccc(F)cc1)N1C(=O)CSC1c1ccc(F)cc1F. The number of nitrogens with zero attached hydrogens (tertiary/aromatic N) is 1. The second-order valence-corrected chi connectivity index (χ2v) is 8.69. The molecule has 2 aromatic rings. The molecule has 2 amide bonds. The number of hydrogen-bond acceptors (Lipinski definition) is 3. The van der Waals surface area contributed by atoms with E-state index in [2.05, 4.69) is 5.32 Å². The van der Waals surface area contributed by atoms with Crippen LogP contribution in [0.3, 0.4) is 0 Å². The van der Waals surface area contributed by atoms with E-state index in [0.717, 1.165) is 17.7 Å². The molecule has 1 aliphatic heterocycles. The fourth-order valence-corrected chi connectivity index (χ4v) is 4.66. The van der Waals surface area contributed by atoms with E-state index in [1.807, 2.05) is 13.8 Å². The Bertz CT molecular complexity index is 921. The first-order chi connectivity index (χ1) is 14.3. The summed E-state index contributed by atoms with van der Waals surface area (Å²) >= 11 is 1.21. The van der Waals surface area contributed by atoms with Crippen molar-refractivity contribution in [3.63, 3.8) is 0 Å². The van der Waals surface area contributed by atoms with Gasteiger partial charge in [0.15, 0.2) is 0 Å². The molecule has 0 spiro atoms. The normalized spacial score (nSPS) is 17.5. The number of carbonyl (C=O) groups excluding carboxylic acids is 2. The molecular weight excluding hydrogens is 413 g/mol. The minimum Gasteiger partial charge on any atom is -0.350 e. The number of hydrogen-bond donors (Lipinski definition) is 1. The quantitative estimate of drug-likeness (QED) is 0.700. The Morgan fingerprint density at radius 3 is 2.43 bits per heavy atom. The number of benzene rings is 2. The third-order valence-electron chi connectivity index (χ3n) is 4.85. The van der Waals surface area contributed by atoms with Crippen LogP contribution in [0.5, 0.6) is 0 Å². The molecule has 0 saturated carbocycles. The van der Waals surface area contributed by atoms with Gasteiger partial charge in [0, 0.05) is 18.2 Å².